The highest BCUT2D eigenvalue weighted by Gasteiger charge is 2.03. The SMILES string of the molecule is Nc1ncn(-c2ccc(Cl)o2)n1. The lowest BCUT2D eigenvalue weighted by Gasteiger charge is -1.90. The van der Waals surface area contributed by atoms with E-state index in [-0.39, 0.29) is 5.95 Å². The van der Waals surface area contributed by atoms with Crippen LogP contribution in [0.4, 0.5) is 5.95 Å². The van der Waals surface area contributed by atoms with E-state index in [1.54, 1.807) is 12.1 Å². The molecule has 0 radical (unpaired) electrons. The second-order valence-electron chi connectivity index (χ2n) is 2.13. The van der Waals surface area contributed by atoms with Crippen LogP contribution in [-0.4, -0.2) is 14.8 Å². The number of anilines is 1. The molecule has 2 heterocycles. The van der Waals surface area contributed by atoms with Crippen LogP contribution in [0.25, 0.3) is 5.88 Å². The van der Waals surface area contributed by atoms with Crippen molar-refractivity contribution in [1.82, 2.24) is 14.8 Å². The maximum Gasteiger partial charge on any atom is 0.239 e. The second kappa shape index (κ2) is 2.53. The van der Waals surface area contributed by atoms with Crippen molar-refractivity contribution < 1.29 is 4.42 Å². The van der Waals surface area contributed by atoms with Crippen molar-refractivity contribution in [2.45, 2.75) is 0 Å². The van der Waals surface area contributed by atoms with Gasteiger partial charge in [-0.05, 0) is 17.7 Å². The molecule has 2 rings (SSSR count). The number of nitrogen functional groups attached to an aromatic ring is 1. The average Bonchev–Trinajstić information content (AvgIpc) is 2.58. The third-order valence-corrected chi connectivity index (χ3v) is 1.50. The van der Waals surface area contributed by atoms with E-state index in [9.17, 15) is 0 Å². The normalized spacial score (nSPS) is 10.4. The minimum Gasteiger partial charge on any atom is -0.427 e. The number of rotatable bonds is 1. The van der Waals surface area contributed by atoms with Crippen LogP contribution in [0.1, 0.15) is 0 Å². The summed E-state index contributed by atoms with van der Waals surface area (Å²) in [5, 5.41) is 4.13. The monoisotopic (exact) mass is 184 g/mol. The van der Waals surface area contributed by atoms with Gasteiger partial charge in [-0.15, -0.1) is 5.10 Å². The van der Waals surface area contributed by atoms with Crippen LogP contribution in [0, 0.1) is 0 Å². The van der Waals surface area contributed by atoms with Crippen molar-refractivity contribution >= 4 is 17.5 Å². The van der Waals surface area contributed by atoms with Gasteiger partial charge in [-0.3, -0.25) is 0 Å². The fraction of sp³-hybridized carbons (Fsp3) is 0. The number of nitrogens with two attached hydrogens (primary N) is 1. The molecule has 0 saturated heterocycles. The molecule has 0 amide bonds. The van der Waals surface area contributed by atoms with Gasteiger partial charge in [-0.1, -0.05) is 0 Å². The van der Waals surface area contributed by atoms with Crippen molar-refractivity contribution in [3.05, 3.63) is 23.7 Å². The van der Waals surface area contributed by atoms with Gasteiger partial charge in [-0.25, -0.2) is 4.98 Å². The van der Waals surface area contributed by atoms with Gasteiger partial charge >= 0.3 is 0 Å². The van der Waals surface area contributed by atoms with Crippen molar-refractivity contribution in [3.63, 3.8) is 0 Å². The largest absolute Gasteiger partial charge is 0.427 e. The van der Waals surface area contributed by atoms with Gasteiger partial charge in [0.05, 0.1) is 0 Å². The first-order valence-electron chi connectivity index (χ1n) is 3.18. The van der Waals surface area contributed by atoms with Crippen LogP contribution in [0.5, 0.6) is 0 Å². The zero-order valence-electron chi connectivity index (χ0n) is 5.94. The Morgan fingerprint density at radius 3 is 2.83 bits per heavy atom. The van der Waals surface area contributed by atoms with Gasteiger partial charge in [0.25, 0.3) is 0 Å². The van der Waals surface area contributed by atoms with Crippen LogP contribution in [0.15, 0.2) is 22.9 Å². The average molecular weight is 185 g/mol. The summed E-state index contributed by atoms with van der Waals surface area (Å²) in [6, 6.07) is 3.30. The van der Waals surface area contributed by atoms with Crippen molar-refractivity contribution in [2.24, 2.45) is 0 Å². The molecule has 0 aliphatic rings. The molecule has 0 aliphatic heterocycles. The first kappa shape index (κ1) is 7.17. The van der Waals surface area contributed by atoms with Gasteiger partial charge in [0.1, 0.15) is 6.33 Å². The molecule has 2 aromatic rings. The minimum absolute atomic E-state index is 0.197. The predicted molar refractivity (Wildman–Crippen MR) is 43.0 cm³/mol. The maximum absolute atomic E-state index is 5.56. The molecule has 0 saturated carbocycles. The Bertz CT molecular complexity index is 355. The molecular formula is C6H5ClN4O. The number of furan rings is 1. The Hall–Kier alpha value is -1.49. The van der Waals surface area contributed by atoms with Crippen LogP contribution < -0.4 is 5.73 Å². The third-order valence-electron chi connectivity index (χ3n) is 1.29. The lowest BCUT2D eigenvalue weighted by molar-refractivity contribution is 0.524. The quantitative estimate of drug-likeness (QED) is 0.721. The van der Waals surface area contributed by atoms with Gasteiger partial charge in [-0.2, -0.15) is 4.68 Å². The number of nitrogens with zero attached hydrogens (tertiary/aromatic N) is 3. The van der Waals surface area contributed by atoms with Crippen LogP contribution >= 0.6 is 11.6 Å². The highest BCUT2D eigenvalue weighted by Crippen LogP contribution is 2.15. The molecule has 0 aromatic carbocycles. The Labute approximate surface area is 72.8 Å². The number of hydrogen-bond acceptors (Lipinski definition) is 4. The summed E-state index contributed by atoms with van der Waals surface area (Å²) in [5.74, 6) is 0.687. The van der Waals surface area contributed by atoms with Gasteiger partial charge in [0.2, 0.25) is 11.8 Å². The molecule has 6 heteroatoms. The van der Waals surface area contributed by atoms with E-state index in [4.69, 9.17) is 21.8 Å². The highest BCUT2D eigenvalue weighted by atomic mass is 35.5. The van der Waals surface area contributed by atoms with E-state index in [1.807, 2.05) is 0 Å². The summed E-state index contributed by atoms with van der Waals surface area (Å²) < 4.78 is 6.46. The van der Waals surface area contributed by atoms with E-state index in [2.05, 4.69) is 10.1 Å². The molecule has 2 aromatic heterocycles. The fourth-order valence-electron chi connectivity index (χ4n) is 0.810. The topological polar surface area (TPSA) is 69.9 Å². The van der Waals surface area contributed by atoms with Crippen molar-refractivity contribution in [3.8, 4) is 5.88 Å². The van der Waals surface area contributed by atoms with Gasteiger partial charge in [0.15, 0.2) is 5.22 Å². The summed E-state index contributed by atoms with van der Waals surface area (Å²) >= 11 is 5.56. The smallest absolute Gasteiger partial charge is 0.239 e. The molecule has 0 aliphatic carbocycles. The first-order valence-corrected chi connectivity index (χ1v) is 3.56. The van der Waals surface area contributed by atoms with E-state index in [0.717, 1.165) is 0 Å². The summed E-state index contributed by atoms with van der Waals surface area (Å²) in [6.45, 7) is 0. The molecule has 0 unspecified atom stereocenters. The van der Waals surface area contributed by atoms with Crippen LogP contribution in [-0.2, 0) is 0 Å². The Morgan fingerprint density at radius 1 is 1.50 bits per heavy atom. The highest BCUT2D eigenvalue weighted by molar-refractivity contribution is 6.28. The van der Waals surface area contributed by atoms with Crippen LogP contribution in [0.3, 0.4) is 0 Å². The summed E-state index contributed by atoms with van der Waals surface area (Å²) in [4.78, 5) is 3.73. The predicted octanol–water partition coefficient (Wildman–Crippen LogP) is 1.10. The van der Waals surface area contributed by atoms with E-state index < -0.39 is 0 Å². The zero-order chi connectivity index (χ0) is 8.55. The summed E-state index contributed by atoms with van der Waals surface area (Å²) in [5.41, 5.74) is 5.31. The molecule has 0 spiro atoms. The van der Waals surface area contributed by atoms with E-state index in [0.29, 0.717) is 11.1 Å². The molecule has 12 heavy (non-hydrogen) atoms. The van der Waals surface area contributed by atoms with Gasteiger partial charge in [0, 0.05) is 6.07 Å². The molecule has 2 N–H and O–H groups in total. The summed E-state index contributed by atoms with van der Waals surface area (Å²) in [6.07, 6.45) is 1.45. The first-order chi connectivity index (χ1) is 5.75. The Kier molecular flexibility index (Phi) is 1.51. The lowest BCUT2D eigenvalue weighted by atomic mass is 10.6. The number of hydrogen-bond donors (Lipinski definition) is 1. The van der Waals surface area contributed by atoms with Crippen molar-refractivity contribution in [2.75, 3.05) is 5.73 Å². The minimum atomic E-state index is 0.197. The van der Waals surface area contributed by atoms with Gasteiger partial charge < -0.3 is 10.2 Å². The van der Waals surface area contributed by atoms with E-state index >= 15 is 0 Å². The van der Waals surface area contributed by atoms with Crippen molar-refractivity contribution in [1.29, 1.82) is 0 Å². The zero-order valence-corrected chi connectivity index (χ0v) is 6.69. The lowest BCUT2D eigenvalue weighted by Crippen LogP contribution is -1.93. The number of halogens is 1. The van der Waals surface area contributed by atoms with Crippen LogP contribution in [0.2, 0.25) is 5.22 Å². The third kappa shape index (κ3) is 1.14. The molecule has 0 fully saturated rings. The maximum atomic E-state index is 5.56. The Morgan fingerprint density at radius 2 is 2.33 bits per heavy atom. The molecular weight excluding hydrogens is 180 g/mol. The fourth-order valence-corrected chi connectivity index (χ4v) is 0.952. The summed E-state index contributed by atoms with van der Waals surface area (Å²) in [7, 11) is 0. The second-order valence-corrected chi connectivity index (χ2v) is 2.50. The van der Waals surface area contributed by atoms with E-state index in [1.165, 1.54) is 11.0 Å². The Balaban J connectivity index is 2.43. The molecule has 5 nitrogen and oxygen atoms in total. The molecule has 62 valence electrons. The molecule has 0 bridgehead atoms. The standard InChI is InChI=1S/C6H5ClN4O/c7-4-1-2-5(12-4)11-3-9-6(8)10-11/h1-3H,(H2,8,10). The number of aromatic nitrogens is 3. The molecule has 0 atom stereocenters.